The van der Waals surface area contributed by atoms with Crippen molar-refractivity contribution in [3.63, 3.8) is 0 Å². The predicted octanol–water partition coefficient (Wildman–Crippen LogP) is 2.11. The monoisotopic (exact) mass is 154 g/mol. The number of hydrogen-bond donors (Lipinski definition) is 1. The largest absolute Gasteiger partial charge is 0.398 e. The molecular formula is C7H7FN2O. The van der Waals surface area contributed by atoms with E-state index < -0.39 is 5.82 Å². The van der Waals surface area contributed by atoms with Crippen molar-refractivity contribution in [3.05, 3.63) is 28.4 Å². The van der Waals surface area contributed by atoms with Gasteiger partial charge in [0, 0.05) is 5.69 Å². The molecule has 0 bridgehead atoms. The van der Waals surface area contributed by atoms with Crippen LogP contribution in [0.25, 0.3) is 0 Å². The highest BCUT2D eigenvalue weighted by Gasteiger charge is 2.04. The summed E-state index contributed by atoms with van der Waals surface area (Å²) in [6.07, 6.45) is 0. The molecule has 1 aromatic carbocycles. The molecule has 0 aliphatic carbocycles. The third kappa shape index (κ3) is 1.34. The van der Waals surface area contributed by atoms with E-state index in [0.29, 0.717) is 11.3 Å². The second-order valence-corrected chi connectivity index (χ2v) is 2.25. The van der Waals surface area contributed by atoms with Crippen LogP contribution >= 0.6 is 0 Å². The first-order valence-electron chi connectivity index (χ1n) is 3.04. The maximum absolute atomic E-state index is 12.7. The maximum Gasteiger partial charge on any atom is 0.152 e. The molecular weight excluding hydrogens is 147 g/mol. The Balaban J connectivity index is 3.31. The molecule has 1 rings (SSSR count). The highest BCUT2D eigenvalue weighted by Crippen LogP contribution is 2.23. The molecule has 2 N–H and O–H groups in total. The third-order valence-corrected chi connectivity index (χ3v) is 1.43. The van der Waals surface area contributed by atoms with Crippen LogP contribution in [-0.4, -0.2) is 0 Å². The molecule has 0 atom stereocenters. The normalized spacial score (nSPS) is 9.64. The summed E-state index contributed by atoms with van der Waals surface area (Å²) in [5.74, 6) is -0.633. The van der Waals surface area contributed by atoms with Gasteiger partial charge >= 0.3 is 0 Å². The van der Waals surface area contributed by atoms with Crippen molar-refractivity contribution >= 4 is 11.4 Å². The Morgan fingerprint density at radius 3 is 2.73 bits per heavy atom. The molecule has 1 aromatic rings. The number of halogens is 1. The molecule has 0 saturated heterocycles. The molecule has 0 unspecified atom stereocenters. The van der Waals surface area contributed by atoms with Gasteiger partial charge in [0.2, 0.25) is 0 Å². The summed E-state index contributed by atoms with van der Waals surface area (Å²) in [4.78, 5) is 9.95. The lowest BCUT2D eigenvalue weighted by molar-refractivity contribution is 0.629. The van der Waals surface area contributed by atoms with Crippen molar-refractivity contribution in [2.75, 3.05) is 5.73 Å². The summed E-state index contributed by atoms with van der Waals surface area (Å²) in [5, 5.41) is 2.47. The molecule has 11 heavy (non-hydrogen) atoms. The molecule has 0 aliphatic rings. The van der Waals surface area contributed by atoms with Crippen LogP contribution in [0, 0.1) is 17.6 Å². The smallest absolute Gasteiger partial charge is 0.152 e. The zero-order valence-corrected chi connectivity index (χ0v) is 5.97. The molecule has 0 spiro atoms. The van der Waals surface area contributed by atoms with Crippen molar-refractivity contribution in [2.45, 2.75) is 6.92 Å². The lowest BCUT2D eigenvalue weighted by Crippen LogP contribution is -1.90. The number of hydrogen-bond acceptors (Lipinski definition) is 3. The minimum absolute atomic E-state index is 0.242. The van der Waals surface area contributed by atoms with E-state index in [2.05, 4.69) is 5.18 Å². The third-order valence-electron chi connectivity index (χ3n) is 1.43. The fourth-order valence-electron chi connectivity index (χ4n) is 0.747. The number of benzene rings is 1. The van der Waals surface area contributed by atoms with Crippen molar-refractivity contribution < 1.29 is 4.39 Å². The van der Waals surface area contributed by atoms with Gasteiger partial charge in [0.15, 0.2) is 5.82 Å². The summed E-state index contributed by atoms with van der Waals surface area (Å²) in [6.45, 7) is 1.66. The Kier molecular flexibility index (Phi) is 1.85. The van der Waals surface area contributed by atoms with Gasteiger partial charge in [0.25, 0.3) is 0 Å². The van der Waals surface area contributed by atoms with Crippen LogP contribution in [-0.2, 0) is 0 Å². The standard InChI is InChI=1S/C7H7FN2O/c1-4-2-5(8)7(10-11)3-6(4)9/h2-3H,9H2,1H3. The van der Waals surface area contributed by atoms with Crippen molar-refractivity contribution in [3.8, 4) is 0 Å². The van der Waals surface area contributed by atoms with Crippen LogP contribution in [0.3, 0.4) is 0 Å². The van der Waals surface area contributed by atoms with Crippen LogP contribution in [0.4, 0.5) is 15.8 Å². The van der Waals surface area contributed by atoms with Gasteiger partial charge in [-0.3, -0.25) is 0 Å². The van der Waals surface area contributed by atoms with E-state index >= 15 is 0 Å². The van der Waals surface area contributed by atoms with Gasteiger partial charge in [-0.15, -0.1) is 4.91 Å². The number of nitroso groups, excluding NO2 is 1. The van der Waals surface area contributed by atoms with Crippen LogP contribution in [0.5, 0.6) is 0 Å². The van der Waals surface area contributed by atoms with Gasteiger partial charge in [-0.05, 0) is 29.8 Å². The second kappa shape index (κ2) is 2.65. The van der Waals surface area contributed by atoms with Gasteiger partial charge in [0.1, 0.15) is 5.69 Å². The average Bonchev–Trinajstić information content (AvgIpc) is 1.97. The second-order valence-electron chi connectivity index (χ2n) is 2.25. The average molecular weight is 154 g/mol. The van der Waals surface area contributed by atoms with Gasteiger partial charge in [-0.1, -0.05) is 0 Å². The Bertz CT molecular complexity index is 299. The molecule has 0 heterocycles. The summed E-state index contributed by atoms with van der Waals surface area (Å²) < 4.78 is 12.7. The van der Waals surface area contributed by atoms with Crippen LogP contribution < -0.4 is 5.73 Å². The van der Waals surface area contributed by atoms with Gasteiger partial charge in [-0.2, -0.15) is 0 Å². The van der Waals surface area contributed by atoms with Crippen LogP contribution in [0.15, 0.2) is 17.3 Å². The highest BCUT2D eigenvalue weighted by molar-refractivity contribution is 5.56. The van der Waals surface area contributed by atoms with Crippen molar-refractivity contribution in [2.24, 2.45) is 5.18 Å². The zero-order valence-electron chi connectivity index (χ0n) is 5.97. The van der Waals surface area contributed by atoms with E-state index in [1.54, 1.807) is 6.92 Å². The Morgan fingerprint density at radius 1 is 1.55 bits per heavy atom. The first-order valence-corrected chi connectivity index (χ1v) is 3.04. The van der Waals surface area contributed by atoms with Gasteiger partial charge < -0.3 is 5.73 Å². The molecule has 4 heteroatoms. The summed E-state index contributed by atoms with van der Waals surface area (Å²) in [7, 11) is 0. The zero-order chi connectivity index (χ0) is 8.43. The van der Waals surface area contributed by atoms with Gasteiger partial charge in [-0.25, -0.2) is 4.39 Å². The SMILES string of the molecule is Cc1cc(F)c(N=O)cc1N. The first kappa shape index (κ1) is 7.65. The number of anilines is 1. The topological polar surface area (TPSA) is 55.5 Å². The Morgan fingerprint density at radius 2 is 2.18 bits per heavy atom. The molecule has 0 fully saturated rings. The van der Waals surface area contributed by atoms with Crippen LogP contribution in [0.1, 0.15) is 5.56 Å². The molecule has 0 radical (unpaired) electrons. The van der Waals surface area contributed by atoms with E-state index in [0.717, 1.165) is 0 Å². The summed E-state index contributed by atoms with van der Waals surface area (Å²) in [6, 6.07) is 2.41. The van der Waals surface area contributed by atoms with E-state index in [1.165, 1.54) is 12.1 Å². The van der Waals surface area contributed by atoms with Crippen molar-refractivity contribution in [1.29, 1.82) is 0 Å². The highest BCUT2D eigenvalue weighted by atomic mass is 19.1. The lowest BCUT2D eigenvalue weighted by Gasteiger charge is -1.99. The number of nitrogens with two attached hydrogens (primary N) is 1. The molecule has 0 aromatic heterocycles. The van der Waals surface area contributed by atoms with Gasteiger partial charge in [0.05, 0.1) is 0 Å². The molecule has 0 saturated carbocycles. The molecule has 0 aliphatic heterocycles. The van der Waals surface area contributed by atoms with E-state index in [1.807, 2.05) is 0 Å². The summed E-state index contributed by atoms with van der Waals surface area (Å²) >= 11 is 0. The molecule has 0 amide bonds. The molecule has 3 nitrogen and oxygen atoms in total. The Hall–Kier alpha value is -1.45. The quantitative estimate of drug-likeness (QED) is 0.497. The lowest BCUT2D eigenvalue weighted by atomic mass is 10.2. The fourth-order valence-corrected chi connectivity index (χ4v) is 0.747. The van der Waals surface area contributed by atoms with Crippen LogP contribution in [0.2, 0.25) is 0 Å². The predicted molar refractivity (Wildman–Crippen MR) is 41.0 cm³/mol. The number of nitrogens with zero attached hydrogens (tertiary/aromatic N) is 1. The number of aryl methyl sites for hydroxylation is 1. The number of rotatable bonds is 1. The summed E-state index contributed by atoms with van der Waals surface area (Å²) in [5.41, 5.74) is 6.14. The van der Waals surface area contributed by atoms with Crippen molar-refractivity contribution in [1.82, 2.24) is 0 Å². The fraction of sp³-hybridized carbons (Fsp3) is 0.143. The minimum atomic E-state index is -0.633. The van der Waals surface area contributed by atoms with E-state index in [4.69, 9.17) is 5.73 Å². The van der Waals surface area contributed by atoms with E-state index in [-0.39, 0.29) is 5.69 Å². The Labute approximate surface area is 63.0 Å². The minimum Gasteiger partial charge on any atom is -0.398 e. The first-order chi connectivity index (χ1) is 5.15. The van der Waals surface area contributed by atoms with E-state index in [9.17, 15) is 9.30 Å². The number of nitrogen functional groups attached to an aromatic ring is 1. The maximum atomic E-state index is 12.7. The molecule has 58 valence electrons.